The maximum Gasteiger partial charge on any atom is 0.340 e. The van der Waals surface area contributed by atoms with Crippen LogP contribution in [-0.2, 0) is 4.74 Å². The van der Waals surface area contributed by atoms with Gasteiger partial charge in [0.25, 0.3) is 0 Å². The molecular weight excluding hydrogens is 184 g/mol. The van der Waals surface area contributed by atoms with Crippen molar-refractivity contribution in [1.82, 2.24) is 20.5 Å². The Labute approximate surface area is 81.1 Å². The lowest BCUT2D eigenvalue weighted by Gasteiger charge is -2.15. The zero-order chi connectivity index (χ0) is 9.97. The second kappa shape index (κ2) is 3.93. The molecular formula is C8H14N4O2. The molecule has 0 radical (unpaired) electrons. The van der Waals surface area contributed by atoms with Crippen LogP contribution >= 0.6 is 0 Å². The van der Waals surface area contributed by atoms with Gasteiger partial charge in [-0.05, 0) is 13.3 Å². The monoisotopic (exact) mass is 198 g/mol. The van der Waals surface area contributed by atoms with Gasteiger partial charge >= 0.3 is 5.69 Å². The van der Waals surface area contributed by atoms with Crippen LogP contribution in [-0.4, -0.2) is 34.4 Å². The summed E-state index contributed by atoms with van der Waals surface area (Å²) in [6.45, 7) is 3.50. The minimum Gasteiger partial charge on any atom is -0.380 e. The summed E-state index contributed by atoms with van der Waals surface area (Å²) in [5, 5.41) is 9.53. The van der Waals surface area contributed by atoms with Gasteiger partial charge in [-0.2, -0.15) is 5.10 Å². The van der Waals surface area contributed by atoms with Crippen LogP contribution in [0.25, 0.3) is 0 Å². The fourth-order valence-electron chi connectivity index (χ4n) is 1.59. The van der Waals surface area contributed by atoms with Gasteiger partial charge in [0.15, 0.2) is 0 Å². The first-order chi connectivity index (χ1) is 6.75. The molecule has 2 rings (SSSR count). The van der Waals surface area contributed by atoms with Crippen LogP contribution in [0.2, 0.25) is 0 Å². The molecule has 1 saturated heterocycles. The molecule has 2 atom stereocenters. The van der Waals surface area contributed by atoms with Gasteiger partial charge in [-0.3, -0.25) is 4.98 Å². The third kappa shape index (κ3) is 2.02. The van der Waals surface area contributed by atoms with E-state index in [1.807, 2.05) is 6.92 Å². The third-order valence-electron chi connectivity index (χ3n) is 2.35. The van der Waals surface area contributed by atoms with Crippen molar-refractivity contribution in [1.29, 1.82) is 0 Å². The summed E-state index contributed by atoms with van der Waals surface area (Å²) >= 11 is 0. The number of nitrogens with zero attached hydrogens (tertiary/aromatic N) is 1. The number of ether oxygens (including phenoxy) is 1. The van der Waals surface area contributed by atoms with E-state index in [4.69, 9.17) is 4.74 Å². The summed E-state index contributed by atoms with van der Waals surface area (Å²) in [7, 11) is 0. The Morgan fingerprint density at radius 2 is 2.57 bits per heavy atom. The lowest BCUT2D eigenvalue weighted by atomic mass is 10.2. The van der Waals surface area contributed by atoms with Gasteiger partial charge in [0.2, 0.25) is 0 Å². The van der Waals surface area contributed by atoms with Crippen molar-refractivity contribution < 1.29 is 4.74 Å². The number of aromatic nitrogens is 3. The second-order valence-electron chi connectivity index (χ2n) is 3.51. The summed E-state index contributed by atoms with van der Waals surface area (Å²) < 4.78 is 5.24. The number of nitrogens with one attached hydrogen (secondary N) is 3. The highest BCUT2D eigenvalue weighted by Gasteiger charge is 2.19. The van der Waals surface area contributed by atoms with Crippen molar-refractivity contribution in [2.24, 2.45) is 0 Å². The number of hydrogen-bond acceptors (Lipinski definition) is 4. The highest BCUT2D eigenvalue weighted by atomic mass is 16.5. The molecule has 0 spiro atoms. The molecule has 1 aromatic rings. The third-order valence-corrected chi connectivity index (χ3v) is 2.35. The van der Waals surface area contributed by atoms with Gasteiger partial charge in [-0.15, -0.1) is 0 Å². The SMILES string of the molecule is CC(NC1CCOC1)c1n[nH]c(=O)[nH]1. The fraction of sp³-hybridized carbons (Fsp3) is 0.750. The van der Waals surface area contributed by atoms with Gasteiger partial charge in [0.05, 0.1) is 12.6 Å². The summed E-state index contributed by atoms with van der Waals surface area (Å²) in [5.74, 6) is 0.641. The average molecular weight is 198 g/mol. The Hall–Kier alpha value is -1.14. The molecule has 0 aliphatic carbocycles. The van der Waals surface area contributed by atoms with Crippen molar-refractivity contribution in [2.45, 2.75) is 25.4 Å². The molecule has 0 saturated carbocycles. The lowest BCUT2D eigenvalue weighted by Crippen LogP contribution is -2.32. The average Bonchev–Trinajstić information content (AvgIpc) is 2.75. The minimum atomic E-state index is -0.267. The number of aromatic amines is 2. The fourth-order valence-corrected chi connectivity index (χ4v) is 1.59. The summed E-state index contributed by atoms with van der Waals surface area (Å²) in [6, 6.07) is 0.408. The van der Waals surface area contributed by atoms with Crippen LogP contribution in [0.15, 0.2) is 4.79 Å². The first-order valence-corrected chi connectivity index (χ1v) is 4.74. The van der Waals surface area contributed by atoms with Crippen LogP contribution in [0.1, 0.15) is 25.2 Å². The van der Waals surface area contributed by atoms with Gasteiger partial charge in [-0.25, -0.2) is 9.89 Å². The minimum absolute atomic E-state index is 0.0423. The van der Waals surface area contributed by atoms with Crippen molar-refractivity contribution in [3.63, 3.8) is 0 Å². The number of H-pyrrole nitrogens is 2. The van der Waals surface area contributed by atoms with E-state index in [2.05, 4.69) is 20.5 Å². The molecule has 0 bridgehead atoms. The van der Waals surface area contributed by atoms with Gasteiger partial charge in [-0.1, -0.05) is 0 Å². The Kier molecular flexibility index (Phi) is 2.64. The molecule has 2 unspecified atom stereocenters. The highest BCUT2D eigenvalue weighted by molar-refractivity contribution is 4.91. The largest absolute Gasteiger partial charge is 0.380 e. The summed E-state index contributed by atoms with van der Waals surface area (Å²) in [5.41, 5.74) is -0.267. The van der Waals surface area contributed by atoms with Crippen molar-refractivity contribution in [3.8, 4) is 0 Å². The summed E-state index contributed by atoms with van der Waals surface area (Å²) in [4.78, 5) is 13.4. The predicted molar refractivity (Wildman–Crippen MR) is 50.0 cm³/mol. The molecule has 0 aromatic carbocycles. The molecule has 6 heteroatoms. The molecule has 2 heterocycles. The number of hydrogen-bond donors (Lipinski definition) is 3. The van der Waals surface area contributed by atoms with E-state index in [-0.39, 0.29) is 11.7 Å². The zero-order valence-corrected chi connectivity index (χ0v) is 8.04. The van der Waals surface area contributed by atoms with E-state index < -0.39 is 0 Å². The second-order valence-corrected chi connectivity index (χ2v) is 3.51. The van der Waals surface area contributed by atoms with Gasteiger partial charge in [0, 0.05) is 12.6 Å². The lowest BCUT2D eigenvalue weighted by molar-refractivity contribution is 0.188. The van der Waals surface area contributed by atoms with Crippen LogP contribution in [0.3, 0.4) is 0 Å². The van der Waals surface area contributed by atoms with Crippen molar-refractivity contribution >= 4 is 0 Å². The molecule has 3 N–H and O–H groups in total. The van der Waals surface area contributed by atoms with Gasteiger partial charge < -0.3 is 10.1 Å². The van der Waals surface area contributed by atoms with Crippen molar-refractivity contribution in [2.75, 3.05) is 13.2 Å². The van der Waals surface area contributed by atoms with Crippen LogP contribution < -0.4 is 11.0 Å². The van der Waals surface area contributed by atoms with E-state index in [0.717, 1.165) is 19.6 Å². The molecule has 1 aliphatic rings. The highest BCUT2D eigenvalue weighted by Crippen LogP contribution is 2.10. The van der Waals surface area contributed by atoms with E-state index in [0.29, 0.717) is 11.9 Å². The van der Waals surface area contributed by atoms with Crippen LogP contribution in [0.5, 0.6) is 0 Å². The number of rotatable bonds is 3. The van der Waals surface area contributed by atoms with E-state index in [9.17, 15) is 4.79 Å². The molecule has 0 amide bonds. The zero-order valence-electron chi connectivity index (χ0n) is 8.04. The van der Waals surface area contributed by atoms with Crippen LogP contribution in [0, 0.1) is 0 Å². The first kappa shape index (κ1) is 9.42. The Morgan fingerprint density at radius 3 is 3.14 bits per heavy atom. The standard InChI is InChI=1S/C8H14N4O2/c1-5(7-10-8(13)12-11-7)9-6-2-3-14-4-6/h5-6,9H,2-4H2,1H3,(H2,10,11,12,13). The first-order valence-electron chi connectivity index (χ1n) is 4.74. The van der Waals surface area contributed by atoms with E-state index in [1.54, 1.807) is 0 Å². The normalized spacial score (nSPS) is 23.9. The van der Waals surface area contributed by atoms with Crippen molar-refractivity contribution in [3.05, 3.63) is 16.3 Å². The van der Waals surface area contributed by atoms with E-state index in [1.165, 1.54) is 0 Å². The Balaban J connectivity index is 1.94. The quantitative estimate of drug-likeness (QED) is 0.613. The predicted octanol–water partition coefficient (Wildman–Crippen LogP) is -0.463. The van der Waals surface area contributed by atoms with E-state index >= 15 is 0 Å². The van der Waals surface area contributed by atoms with Gasteiger partial charge in [0.1, 0.15) is 5.82 Å². The smallest absolute Gasteiger partial charge is 0.340 e. The molecule has 1 aromatic heterocycles. The topological polar surface area (TPSA) is 82.8 Å². The molecule has 1 aliphatic heterocycles. The summed E-state index contributed by atoms with van der Waals surface area (Å²) in [6.07, 6.45) is 1.01. The molecule has 6 nitrogen and oxygen atoms in total. The molecule has 78 valence electrons. The molecule has 14 heavy (non-hydrogen) atoms. The Morgan fingerprint density at radius 1 is 1.71 bits per heavy atom. The molecule has 1 fully saturated rings. The maximum absolute atomic E-state index is 10.8. The van der Waals surface area contributed by atoms with Crippen LogP contribution in [0.4, 0.5) is 0 Å². The Bertz CT molecular complexity index is 339. The maximum atomic E-state index is 10.8.